The van der Waals surface area contributed by atoms with Crippen molar-refractivity contribution in [3.05, 3.63) is 59.2 Å². The molecule has 1 aliphatic carbocycles. The molecule has 0 bridgehead atoms. The van der Waals surface area contributed by atoms with Crippen molar-refractivity contribution in [2.24, 2.45) is 0 Å². The number of nitrogens with one attached hydrogen (secondary N) is 1. The quantitative estimate of drug-likeness (QED) is 0.886. The summed E-state index contributed by atoms with van der Waals surface area (Å²) < 4.78 is 11.1. The van der Waals surface area contributed by atoms with Crippen LogP contribution in [0.5, 0.6) is 11.5 Å². The Morgan fingerprint density at radius 1 is 1.04 bits per heavy atom. The molecular weight excluding hydrogens is 286 g/mol. The van der Waals surface area contributed by atoms with Gasteiger partial charge in [0.1, 0.15) is 0 Å². The van der Waals surface area contributed by atoms with Crippen LogP contribution in [0.3, 0.4) is 0 Å². The maximum Gasteiger partial charge on any atom is 0.164 e. The van der Waals surface area contributed by atoms with Crippen LogP contribution in [0, 0.1) is 0 Å². The van der Waals surface area contributed by atoms with Gasteiger partial charge in [-0.25, -0.2) is 0 Å². The zero-order valence-electron chi connectivity index (χ0n) is 14.1. The van der Waals surface area contributed by atoms with E-state index in [0.29, 0.717) is 12.1 Å². The van der Waals surface area contributed by atoms with Crippen molar-refractivity contribution in [2.75, 3.05) is 14.2 Å². The van der Waals surface area contributed by atoms with Crippen LogP contribution in [0.15, 0.2) is 42.5 Å². The van der Waals surface area contributed by atoms with Gasteiger partial charge < -0.3 is 14.8 Å². The van der Waals surface area contributed by atoms with Gasteiger partial charge in [-0.15, -0.1) is 0 Å². The molecule has 122 valence electrons. The van der Waals surface area contributed by atoms with Crippen LogP contribution >= 0.6 is 0 Å². The third kappa shape index (κ3) is 3.20. The van der Waals surface area contributed by atoms with Gasteiger partial charge in [-0.05, 0) is 43.4 Å². The first-order valence-corrected chi connectivity index (χ1v) is 8.29. The molecule has 0 aromatic heterocycles. The maximum atomic E-state index is 5.62. The Morgan fingerprint density at radius 3 is 2.52 bits per heavy atom. The number of hydrogen-bond donors (Lipinski definition) is 1. The van der Waals surface area contributed by atoms with Crippen molar-refractivity contribution in [1.82, 2.24) is 5.32 Å². The Kier molecular flexibility index (Phi) is 4.87. The number of benzene rings is 2. The SMILES string of the molecule is COc1ccc2c(c1OC)CCCC2NC(C)c1ccccc1. The van der Waals surface area contributed by atoms with Crippen LogP contribution in [-0.4, -0.2) is 14.2 Å². The summed E-state index contributed by atoms with van der Waals surface area (Å²) in [6.07, 6.45) is 3.36. The maximum absolute atomic E-state index is 5.62. The number of ether oxygens (including phenoxy) is 2. The van der Waals surface area contributed by atoms with Gasteiger partial charge >= 0.3 is 0 Å². The summed E-state index contributed by atoms with van der Waals surface area (Å²) >= 11 is 0. The normalized spacial score (nSPS) is 18.1. The van der Waals surface area contributed by atoms with Crippen LogP contribution in [0.1, 0.15) is 48.5 Å². The van der Waals surface area contributed by atoms with Crippen molar-refractivity contribution in [3.8, 4) is 11.5 Å². The fourth-order valence-corrected chi connectivity index (χ4v) is 3.54. The lowest BCUT2D eigenvalue weighted by molar-refractivity contribution is 0.343. The summed E-state index contributed by atoms with van der Waals surface area (Å²) in [4.78, 5) is 0. The van der Waals surface area contributed by atoms with E-state index in [4.69, 9.17) is 9.47 Å². The zero-order valence-corrected chi connectivity index (χ0v) is 14.1. The Labute approximate surface area is 138 Å². The summed E-state index contributed by atoms with van der Waals surface area (Å²) in [6.45, 7) is 2.23. The minimum absolute atomic E-state index is 0.320. The van der Waals surface area contributed by atoms with E-state index in [9.17, 15) is 0 Å². The molecule has 3 heteroatoms. The molecule has 0 heterocycles. The molecule has 23 heavy (non-hydrogen) atoms. The molecule has 0 aliphatic heterocycles. The van der Waals surface area contributed by atoms with E-state index in [1.807, 2.05) is 6.07 Å². The summed E-state index contributed by atoms with van der Waals surface area (Å²) in [5.74, 6) is 1.71. The van der Waals surface area contributed by atoms with E-state index in [1.54, 1.807) is 14.2 Å². The summed E-state index contributed by atoms with van der Waals surface area (Å²) in [5.41, 5.74) is 3.95. The molecule has 2 aromatic rings. The molecule has 0 saturated carbocycles. The Morgan fingerprint density at radius 2 is 1.83 bits per heavy atom. The van der Waals surface area contributed by atoms with Crippen molar-refractivity contribution < 1.29 is 9.47 Å². The minimum atomic E-state index is 0.320. The highest BCUT2D eigenvalue weighted by molar-refractivity contribution is 5.52. The van der Waals surface area contributed by atoms with Gasteiger partial charge in [0, 0.05) is 17.6 Å². The highest BCUT2D eigenvalue weighted by atomic mass is 16.5. The molecule has 0 fully saturated rings. The second-order valence-corrected chi connectivity index (χ2v) is 6.11. The average molecular weight is 311 g/mol. The highest BCUT2D eigenvalue weighted by Gasteiger charge is 2.26. The number of fused-ring (bicyclic) bond motifs is 1. The lowest BCUT2D eigenvalue weighted by atomic mass is 9.86. The third-order valence-electron chi connectivity index (χ3n) is 4.73. The number of rotatable bonds is 5. The molecule has 0 saturated heterocycles. The van der Waals surface area contributed by atoms with Crippen LogP contribution in [0.2, 0.25) is 0 Å². The molecule has 1 N–H and O–H groups in total. The molecule has 3 rings (SSSR count). The van der Waals surface area contributed by atoms with Crippen molar-refractivity contribution >= 4 is 0 Å². The standard InChI is InChI=1S/C20H25NO2/c1-14(15-8-5-4-6-9-15)21-18-11-7-10-17-16(18)12-13-19(22-2)20(17)23-3/h4-6,8-9,12-14,18,21H,7,10-11H2,1-3H3. The summed E-state index contributed by atoms with van der Waals surface area (Å²) in [6, 6.07) is 15.5. The molecule has 2 atom stereocenters. The first kappa shape index (κ1) is 15.9. The van der Waals surface area contributed by atoms with E-state index in [0.717, 1.165) is 30.8 Å². The largest absolute Gasteiger partial charge is 0.493 e. The topological polar surface area (TPSA) is 30.5 Å². The van der Waals surface area contributed by atoms with E-state index in [1.165, 1.54) is 16.7 Å². The molecule has 2 unspecified atom stereocenters. The van der Waals surface area contributed by atoms with Crippen molar-refractivity contribution in [1.29, 1.82) is 0 Å². The Balaban J connectivity index is 1.87. The second kappa shape index (κ2) is 7.05. The van der Waals surface area contributed by atoms with Crippen molar-refractivity contribution in [3.63, 3.8) is 0 Å². The molecule has 2 aromatic carbocycles. The molecule has 0 radical (unpaired) electrons. The van der Waals surface area contributed by atoms with E-state index in [-0.39, 0.29) is 0 Å². The van der Waals surface area contributed by atoms with Gasteiger partial charge in [0.15, 0.2) is 11.5 Å². The molecule has 0 spiro atoms. The van der Waals surface area contributed by atoms with Crippen LogP contribution in [0.4, 0.5) is 0 Å². The van der Waals surface area contributed by atoms with Crippen LogP contribution in [0.25, 0.3) is 0 Å². The molecular formula is C20H25NO2. The smallest absolute Gasteiger partial charge is 0.164 e. The van der Waals surface area contributed by atoms with Gasteiger partial charge in [-0.1, -0.05) is 36.4 Å². The zero-order chi connectivity index (χ0) is 16.2. The van der Waals surface area contributed by atoms with Gasteiger partial charge in [0.05, 0.1) is 14.2 Å². The minimum Gasteiger partial charge on any atom is -0.493 e. The lowest BCUT2D eigenvalue weighted by Gasteiger charge is -2.31. The summed E-state index contributed by atoms with van der Waals surface area (Å²) in [7, 11) is 3.42. The molecule has 1 aliphatic rings. The molecule has 0 amide bonds. The third-order valence-corrected chi connectivity index (χ3v) is 4.73. The average Bonchev–Trinajstić information content (AvgIpc) is 2.61. The lowest BCUT2D eigenvalue weighted by Crippen LogP contribution is -2.28. The predicted molar refractivity (Wildman–Crippen MR) is 93.2 cm³/mol. The van der Waals surface area contributed by atoms with E-state index < -0.39 is 0 Å². The number of hydrogen-bond acceptors (Lipinski definition) is 3. The van der Waals surface area contributed by atoms with Gasteiger partial charge in [0.2, 0.25) is 0 Å². The summed E-state index contributed by atoms with van der Waals surface area (Å²) in [5, 5.41) is 3.78. The fraction of sp³-hybridized carbons (Fsp3) is 0.400. The van der Waals surface area contributed by atoms with Gasteiger partial charge in [0.25, 0.3) is 0 Å². The second-order valence-electron chi connectivity index (χ2n) is 6.11. The monoisotopic (exact) mass is 311 g/mol. The van der Waals surface area contributed by atoms with E-state index in [2.05, 4.69) is 48.6 Å². The first-order chi connectivity index (χ1) is 11.2. The van der Waals surface area contributed by atoms with E-state index >= 15 is 0 Å². The van der Waals surface area contributed by atoms with Crippen LogP contribution < -0.4 is 14.8 Å². The number of methoxy groups -OCH3 is 2. The van der Waals surface area contributed by atoms with Gasteiger partial charge in [-0.3, -0.25) is 0 Å². The Bertz CT molecular complexity index is 654. The first-order valence-electron chi connectivity index (χ1n) is 8.29. The highest BCUT2D eigenvalue weighted by Crippen LogP contribution is 2.41. The fourth-order valence-electron chi connectivity index (χ4n) is 3.54. The van der Waals surface area contributed by atoms with Crippen LogP contribution in [-0.2, 0) is 6.42 Å². The molecule has 3 nitrogen and oxygen atoms in total. The Hall–Kier alpha value is -2.00. The van der Waals surface area contributed by atoms with Gasteiger partial charge in [-0.2, -0.15) is 0 Å². The van der Waals surface area contributed by atoms with Crippen molar-refractivity contribution in [2.45, 2.75) is 38.3 Å². The predicted octanol–water partition coefficient (Wildman–Crippen LogP) is 4.43.